The zero-order valence-corrected chi connectivity index (χ0v) is 10.8. The van der Waals surface area contributed by atoms with Gasteiger partial charge in [0.15, 0.2) is 0 Å². The molecule has 0 spiro atoms. The second kappa shape index (κ2) is 4.06. The molecule has 0 N–H and O–H groups in total. The van der Waals surface area contributed by atoms with Gasteiger partial charge in [-0.25, -0.2) is 0 Å². The molecule has 2 fully saturated rings. The summed E-state index contributed by atoms with van der Waals surface area (Å²) in [6.45, 7) is 14.6. The second-order valence-electron chi connectivity index (χ2n) is 6.27. The zero-order chi connectivity index (χ0) is 11.1. The van der Waals surface area contributed by atoms with Gasteiger partial charge < -0.3 is 4.90 Å². The molecule has 2 heteroatoms. The number of nitrogens with zero attached hydrogens (tertiary/aromatic N) is 2. The number of hydrogen-bond acceptors (Lipinski definition) is 2. The molecular weight excluding hydrogens is 184 g/mol. The van der Waals surface area contributed by atoms with E-state index in [-0.39, 0.29) is 0 Å². The van der Waals surface area contributed by atoms with Gasteiger partial charge >= 0.3 is 0 Å². The van der Waals surface area contributed by atoms with Crippen LogP contribution < -0.4 is 0 Å². The Bertz CT molecular complexity index is 219. The molecule has 0 bridgehead atoms. The molecule has 2 saturated heterocycles. The van der Waals surface area contributed by atoms with E-state index >= 15 is 0 Å². The van der Waals surface area contributed by atoms with E-state index in [1.165, 1.54) is 39.0 Å². The third-order valence-corrected chi connectivity index (χ3v) is 4.17. The van der Waals surface area contributed by atoms with Gasteiger partial charge in [0.25, 0.3) is 0 Å². The fourth-order valence-electron chi connectivity index (χ4n) is 3.22. The molecule has 0 aliphatic carbocycles. The molecule has 2 atom stereocenters. The summed E-state index contributed by atoms with van der Waals surface area (Å²) in [5, 5.41) is 0. The van der Waals surface area contributed by atoms with E-state index < -0.39 is 0 Å². The van der Waals surface area contributed by atoms with Crippen molar-refractivity contribution in [3.63, 3.8) is 0 Å². The fraction of sp³-hybridized carbons (Fsp3) is 1.00. The van der Waals surface area contributed by atoms with Crippen molar-refractivity contribution in [3.8, 4) is 0 Å². The van der Waals surface area contributed by atoms with Gasteiger partial charge in [-0.05, 0) is 31.3 Å². The monoisotopic (exact) mass is 210 g/mol. The minimum atomic E-state index is 0.427. The van der Waals surface area contributed by atoms with Crippen molar-refractivity contribution in [2.45, 2.75) is 52.6 Å². The highest BCUT2D eigenvalue weighted by atomic mass is 15.3. The van der Waals surface area contributed by atoms with Crippen molar-refractivity contribution in [1.29, 1.82) is 0 Å². The Morgan fingerprint density at radius 3 is 2.53 bits per heavy atom. The summed E-state index contributed by atoms with van der Waals surface area (Å²) in [5.74, 6) is 0. The largest absolute Gasteiger partial charge is 0.300 e. The first-order chi connectivity index (χ1) is 7.02. The number of piperazine rings is 1. The maximum absolute atomic E-state index is 2.78. The van der Waals surface area contributed by atoms with E-state index in [1.807, 2.05) is 0 Å². The Hall–Kier alpha value is -0.0800. The van der Waals surface area contributed by atoms with Crippen molar-refractivity contribution in [1.82, 2.24) is 9.80 Å². The van der Waals surface area contributed by atoms with Crippen LogP contribution in [0.3, 0.4) is 0 Å². The Morgan fingerprint density at radius 2 is 1.93 bits per heavy atom. The van der Waals surface area contributed by atoms with Crippen LogP contribution in [0.5, 0.6) is 0 Å². The van der Waals surface area contributed by atoms with E-state index in [2.05, 4.69) is 37.5 Å². The summed E-state index contributed by atoms with van der Waals surface area (Å²) in [6.07, 6.45) is 2.83. The Labute approximate surface area is 94.6 Å². The second-order valence-corrected chi connectivity index (χ2v) is 6.27. The highest BCUT2D eigenvalue weighted by Crippen LogP contribution is 2.34. The van der Waals surface area contributed by atoms with Gasteiger partial charge in [-0.2, -0.15) is 0 Å². The Balaban J connectivity index is 2.13. The summed E-state index contributed by atoms with van der Waals surface area (Å²) in [6, 6.07) is 1.61. The number of likely N-dealkylation sites (N-methyl/N-ethyl adjacent to an activating group) is 1. The first-order valence-corrected chi connectivity index (χ1v) is 6.50. The maximum atomic E-state index is 2.78. The van der Waals surface area contributed by atoms with Gasteiger partial charge in [-0.3, -0.25) is 4.90 Å². The van der Waals surface area contributed by atoms with E-state index in [0.29, 0.717) is 5.41 Å². The van der Waals surface area contributed by atoms with Crippen LogP contribution in [0.1, 0.15) is 40.5 Å². The molecule has 0 aromatic heterocycles. The third-order valence-electron chi connectivity index (χ3n) is 4.17. The van der Waals surface area contributed by atoms with Gasteiger partial charge in [-0.1, -0.05) is 27.7 Å². The van der Waals surface area contributed by atoms with Crippen LogP contribution in [0, 0.1) is 5.41 Å². The molecule has 2 nitrogen and oxygen atoms in total. The topological polar surface area (TPSA) is 6.48 Å². The van der Waals surface area contributed by atoms with E-state index in [4.69, 9.17) is 0 Å². The van der Waals surface area contributed by atoms with Crippen molar-refractivity contribution in [2.24, 2.45) is 5.41 Å². The molecule has 2 heterocycles. The van der Waals surface area contributed by atoms with Crippen molar-refractivity contribution < 1.29 is 0 Å². The molecular formula is C13H26N2. The fourth-order valence-corrected chi connectivity index (χ4v) is 3.22. The quantitative estimate of drug-likeness (QED) is 0.654. The maximum Gasteiger partial charge on any atom is 0.0275 e. The average molecular weight is 210 g/mol. The van der Waals surface area contributed by atoms with Crippen LogP contribution in [0.4, 0.5) is 0 Å². The van der Waals surface area contributed by atoms with E-state index in [0.717, 1.165) is 12.1 Å². The van der Waals surface area contributed by atoms with Gasteiger partial charge in [0.2, 0.25) is 0 Å². The smallest absolute Gasteiger partial charge is 0.0275 e. The molecule has 0 saturated carbocycles. The van der Waals surface area contributed by atoms with Crippen LogP contribution in [0.15, 0.2) is 0 Å². The van der Waals surface area contributed by atoms with Crippen molar-refractivity contribution in [2.75, 3.05) is 26.2 Å². The molecule has 15 heavy (non-hydrogen) atoms. The minimum Gasteiger partial charge on any atom is -0.300 e. The van der Waals surface area contributed by atoms with Crippen molar-refractivity contribution in [3.05, 3.63) is 0 Å². The van der Waals surface area contributed by atoms with E-state index in [1.54, 1.807) is 0 Å². The number of rotatable bonds is 1. The summed E-state index contributed by atoms with van der Waals surface area (Å²) >= 11 is 0. The van der Waals surface area contributed by atoms with E-state index in [9.17, 15) is 0 Å². The first-order valence-electron chi connectivity index (χ1n) is 6.50. The van der Waals surface area contributed by atoms with Gasteiger partial charge in [0.05, 0.1) is 0 Å². The molecule has 0 amide bonds. The highest BCUT2D eigenvalue weighted by Gasteiger charge is 2.41. The Kier molecular flexibility index (Phi) is 3.09. The molecule has 2 rings (SSSR count). The molecule has 2 unspecified atom stereocenters. The van der Waals surface area contributed by atoms with Crippen molar-refractivity contribution >= 4 is 0 Å². The van der Waals surface area contributed by atoms with Gasteiger partial charge in [0.1, 0.15) is 0 Å². The molecule has 0 radical (unpaired) electrons. The lowest BCUT2D eigenvalue weighted by molar-refractivity contribution is -0.000135. The summed E-state index contributed by atoms with van der Waals surface area (Å²) in [4.78, 5) is 5.43. The predicted molar refractivity (Wildman–Crippen MR) is 65.1 cm³/mol. The normalized spacial score (nSPS) is 34.4. The predicted octanol–water partition coefficient (Wildman–Crippen LogP) is 2.20. The third kappa shape index (κ3) is 2.21. The van der Waals surface area contributed by atoms with Crippen LogP contribution >= 0.6 is 0 Å². The number of fused-ring (bicyclic) bond motifs is 1. The lowest BCUT2D eigenvalue weighted by Gasteiger charge is -2.49. The van der Waals surface area contributed by atoms with Crippen LogP contribution in [-0.4, -0.2) is 48.1 Å². The van der Waals surface area contributed by atoms with Crippen LogP contribution in [-0.2, 0) is 0 Å². The molecule has 88 valence electrons. The lowest BCUT2D eigenvalue weighted by Crippen LogP contribution is -2.60. The highest BCUT2D eigenvalue weighted by molar-refractivity contribution is 4.97. The molecule has 2 aliphatic heterocycles. The van der Waals surface area contributed by atoms with Crippen LogP contribution in [0.25, 0.3) is 0 Å². The van der Waals surface area contributed by atoms with Crippen LogP contribution in [0.2, 0.25) is 0 Å². The average Bonchev–Trinajstić information content (AvgIpc) is 2.61. The summed E-state index contributed by atoms with van der Waals surface area (Å²) in [5.41, 5.74) is 0.427. The minimum absolute atomic E-state index is 0.427. The molecule has 0 aromatic carbocycles. The Morgan fingerprint density at radius 1 is 1.20 bits per heavy atom. The van der Waals surface area contributed by atoms with Gasteiger partial charge in [-0.15, -0.1) is 0 Å². The lowest BCUT2D eigenvalue weighted by atomic mass is 9.83. The molecule has 0 aromatic rings. The first kappa shape index (κ1) is 11.4. The standard InChI is InChI=1S/C13H26N2/c1-5-14-9-11-7-6-8-15(11)12(10-14)13(2,3)4/h11-12H,5-10H2,1-4H3. The zero-order valence-electron chi connectivity index (χ0n) is 10.8. The van der Waals surface area contributed by atoms with Gasteiger partial charge in [0, 0.05) is 25.2 Å². The molecule has 2 aliphatic rings. The SMILES string of the molecule is CCN1CC2CCCN2C(C(C)(C)C)C1. The summed E-state index contributed by atoms with van der Waals surface area (Å²) in [7, 11) is 0. The number of hydrogen-bond donors (Lipinski definition) is 0. The summed E-state index contributed by atoms with van der Waals surface area (Å²) < 4.78 is 0.